The molecule has 0 aliphatic rings. The molecule has 0 heterocycles. The topological polar surface area (TPSA) is 86.8 Å². The fourth-order valence-corrected chi connectivity index (χ4v) is 5.32. The predicted octanol–water partition coefficient (Wildman–Crippen LogP) is 4.80. The molecule has 0 spiro atoms. The molecule has 0 aliphatic carbocycles. The SMILES string of the molecule is Cc1cccc(N(CCCC(=O)N(Cc2cccc(Br)c2)C(C)C(=O)NCC(C)C)S(C)(=O)=O)c1C. The Hall–Kier alpha value is -2.39. The molecule has 2 amide bonds. The van der Waals surface area contributed by atoms with Crippen LogP contribution >= 0.6 is 15.9 Å². The van der Waals surface area contributed by atoms with E-state index in [1.807, 2.05) is 64.1 Å². The van der Waals surface area contributed by atoms with Crippen molar-refractivity contribution in [3.63, 3.8) is 0 Å². The molecule has 7 nitrogen and oxygen atoms in total. The smallest absolute Gasteiger partial charge is 0.242 e. The first-order chi connectivity index (χ1) is 16.8. The van der Waals surface area contributed by atoms with Crippen molar-refractivity contribution in [2.75, 3.05) is 23.7 Å². The third-order valence-electron chi connectivity index (χ3n) is 6.09. The van der Waals surface area contributed by atoms with Gasteiger partial charge in [0.2, 0.25) is 21.8 Å². The maximum absolute atomic E-state index is 13.4. The number of nitrogens with zero attached hydrogens (tertiary/aromatic N) is 2. The number of carbonyl (C=O) groups excluding carboxylic acids is 2. The number of sulfonamides is 1. The Morgan fingerprint density at radius 2 is 1.72 bits per heavy atom. The first kappa shape index (κ1) is 29.8. The van der Waals surface area contributed by atoms with Crippen molar-refractivity contribution in [3.05, 3.63) is 63.6 Å². The lowest BCUT2D eigenvalue weighted by molar-refractivity contribution is -0.140. The molecule has 0 saturated heterocycles. The van der Waals surface area contributed by atoms with Crippen molar-refractivity contribution >= 4 is 43.5 Å². The van der Waals surface area contributed by atoms with E-state index in [1.165, 1.54) is 10.6 Å². The molecule has 9 heteroatoms. The molecule has 1 unspecified atom stereocenters. The van der Waals surface area contributed by atoms with Gasteiger partial charge < -0.3 is 10.2 Å². The Kier molecular flexibility index (Phi) is 11.0. The lowest BCUT2D eigenvalue weighted by Gasteiger charge is -2.30. The van der Waals surface area contributed by atoms with Crippen molar-refractivity contribution in [2.45, 2.75) is 60.0 Å². The van der Waals surface area contributed by atoms with Crippen LogP contribution in [0.25, 0.3) is 0 Å². The van der Waals surface area contributed by atoms with Gasteiger partial charge in [-0.25, -0.2) is 8.42 Å². The van der Waals surface area contributed by atoms with Crippen LogP contribution in [0.3, 0.4) is 0 Å². The molecular weight excluding hydrogens is 542 g/mol. The summed E-state index contributed by atoms with van der Waals surface area (Å²) in [5.74, 6) is -0.112. The molecule has 0 aromatic heterocycles. The van der Waals surface area contributed by atoms with Gasteiger partial charge in [0.1, 0.15) is 6.04 Å². The number of anilines is 1. The summed E-state index contributed by atoms with van der Waals surface area (Å²) in [7, 11) is -3.53. The van der Waals surface area contributed by atoms with Crippen LogP contribution in [0, 0.1) is 19.8 Å². The number of halogens is 1. The minimum Gasteiger partial charge on any atom is -0.354 e. The molecule has 2 rings (SSSR count). The van der Waals surface area contributed by atoms with E-state index in [-0.39, 0.29) is 31.3 Å². The zero-order valence-corrected chi connectivity index (χ0v) is 24.4. The largest absolute Gasteiger partial charge is 0.354 e. The standard InChI is InChI=1S/C27H38BrN3O4S/c1-19(2)17-29-27(33)22(5)30(18-23-11-8-12-24(28)16-23)26(32)14-9-15-31(36(6,34)35)25-13-7-10-20(3)21(25)4/h7-8,10-13,16,19,22H,9,14-15,17-18H2,1-6H3,(H,29,33). The van der Waals surface area contributed by atoms with Crippen LogP contribution in [0.15, 0.2) is 46.9 Å². The van der Waals surface area contributed by atoms with Crippen LogP contribution in [0.4, 0.5) is 5.69 Å². The van der Waals surface area contributed by atoms with Crippen molar-refractivity contribution in [1.29, 1.82) is 0 Å². The van der Waals surface area contributed by atoms with Gasteiger partial charge in [-0.3, -0.25) is 13.9 Å². The highest BCUT2D eigenvalue weighted by Gasteiger charge is 2.27. The predicted molar refractivity (Wildman–Crippen MR) is 149 cm³/mol. The number of carbonyl (C=O) groups is 2. The van der Waals surface area contributed by atoms with Gasteiger partial charge in [-0.15, -0.1) is 0 Å². The summed E-state index contributed by atoms with van der Waals surface area (Å²) in [5.41, 5.74) is 3.41. The van der Waals surface area contributed by atoms with E-state index in [9.17, 15) is 18.0 Å². The van der Waals surface area contributed by atoms with E-state index in [1.54, 1.807) is 17.9 Å². The fraction of sp³-hybridized carbons (Fsp3) is 0.481. The molecule has 1 N–H and O–H groups in total. The number of aryl methyl sites for hydroxylation is 1. The lowest BCUT2D eigenvalue weighted by Crippen LogP contribution is -2.48. The zero-order chi connectivity index (χ0) is 27.0. The quantitative estimate of drug-likeness (QED) is 0.391. The molecule has 198 valence electrons. The summed E-state index contributed by atoms with van der Waals surface area (Å²) >= 11 is 3.46. The van der Waals surface area contributed by atoms with E-state index >= 15 is 0 Å². The van der Waals surface area contributed by atoms with Gasteiger partial charge in [0.25, 0.3) is 0 Å². The summed E-state index contributed by atoms with van der Waals surface area (Å²) < 4.78 is 27.4. The Labute approximate surface area is 224 Å². The molecule has 0 saturated carbocycles. The number of amides is 2. The van der Waals surface area contributed by atoms with Crippen molar-refractivity contribution in [1.82, 2.24) is 10.2 Å². The van der Waals surface area contributed by atoms with Crippen LogP contribution in [0.5, 0.6) is 0 Å². The van der Waals surface area contributed by atoms with E-state index in [2.05, 4.69) is 21.2 Å². The molecule has 2 aromatic rings. The minimum atomic E-state index is -3.53. The highest BCUT2D eigenvalue weighted by atomic mass is 79.9. The van der Waals surface area contributed by atoms with Crippen LogP contribution in [0.2, 0.25) is 0 Å². The molecule has 2 aromatic carbocycles. The molecular formula is C27H38BrN3O4S. The lowest BCUT2D eigenvalue weighted by atomic mass is 10.1. The summed E-state index contributed by atoms with van der Waals surface area (Å²) in [6.45, 7) is 10.6. The number of hydrogen-bond donors (Lipinski definition) is 1. The first-order valence-electron chi connectivity index (χ1n) is 12.2. The number of hydrogen-bond acceptors (Lipinski definition) is 4. The molecule has 0 radical (unpaired) electrons. The fourth-order valence-electron chi connectivity index (χ4n) is 3.86. The second kappa shape index (κ2) is 13.2. The Bertz CT molecular complexity index is 1170. The van der Waals surface area contributed by atoms with E-state index in [0.29, 0.717) is 24.6 Å². The summed E-state index contributed by atoms with van der Waals surface area (Å²) in [4.78, 5) is 27.8. The van der Waals surface area contributed by atoms with Gasteiger partial charge in [-0.2, -0.15) is 0 Å². The molecule has 0 fully saturated rings. The van der Waals surface area contributed by atoms with Gasteiger partial charge in [-0.1, -0.05) is 54.0 Å². The monoisotopic (exact) mass is 579 g/mol. The molecule has 0 bridgehead atoms. The molecule has 0 aliphatic heterocycles. The third kappa shape index (κ3) is 8.62. The Balaban J connectivity index is 2.20. The number of nitrogens with one attached hydrogen (secondary N) is 1. The molecule has 1 atom stereocenters. The Morgan fingerprint density at radius 3 is 2.33 bits per heavy atom. The second-order valence-corrected chi connectivity index (χ2v) is 12.4. The first-order valence-corrected chi connectivity index (χ1v) is 14.8. The van der Waals surface area contributed by atoms with Crippen LogP contribution < -0.4 is 9.62 Å². The maximum Gasteiger partial charge on any atom is 0.242 e. The highest BCUT2D eigenvalue weighted by molar-refractivity contribution is 9.10. The second-order valence-electron chi connectivity index (χ2n) is 9.62. The third-order valence-corrected chi connectivity index (χ3v) is 7.76. The van der Waals surface area contributed by atoms with Crippen molar-refractivity contribution in [2.24, 2.45) is 5.92 Å². The summed E-state index contributed by atoms with van der Waals surface area (Å²) in [5, 5.41) is 2.91. The summed E-state index contributed by atoms with van der Waals surface area (Å²) in [6.07, 6.45) is 1.62. The Morgan fingerprint density at radius 1 is 1.06 bits per heavy atom. The van der Waals surface area contributed by atoms with Crippen molar-refractivity contribution < 1.29 is 18.0 Å². The highest BCUT2D eigenvalue weighted by Crippen LogP contribution is 2.25. The van der Waals surface area contributed by atoms with Crippen LogP contribution in [0.1, 0.15) is 50.3 Å². The van der Waals surface area contributed by atoms with E-state index < -0.39 is 16.1 Å². The maximum atomic E-state index is 13.4. The van der Waals surface area contributed by atoms with Crippen LogP contribution in [-0.4, -0.2) is 50.5 Å². The van der Waals surface area contributed by atoms with Gasteiger partial charge in [0, 0.05) is 30.5 Å². The van der Waals surface area contributed by atoms with E-state index in [0.717, 1.165) is 21.2 Å². The number of benzene rings is 2. The normalized spacial score (nSPS) is 12.3. The van der Waals surface area contributed by atoms with Gasteiger partial charge in [0.15, 0.2) is 0 Å². The number of rotatable bonds is 12. The van der Waals surface area contributed by atoms with Gasteiger partial charge in [0.05, 0.1) is 11.9 Å². The summed E-state index contributed by atoms with van der Waals surface area (Å²) in [6, 6.07) is 12.5. The minimum absolute atomic E-state index is 0.118. The molecule has 36 heavy (non-hydrogen) atoms. The zero-order valence-electron chi connectivity index (χ0n) is 22.0. The van der Waals surface area contributed by atoms with Gasteiger partial charge >= 0.3 is 0 Å². The average Bonchev–Trinajstić information content (AvgIpc) is 2.79. The average molecular weight is 581 g/mol. The van der Waals surface area contributed by atoms with Gasteiger partial charge in [-0.05, 0) is 68.0 Å². The van der Waals surface area contributed by atoms with Crippen molar-refractivity contribution in [3.8, 4) is 0 Å². The van der Waals surface area contributed by atoms with E-state index in [4.69, 9.17) is 0 Å². The van der Waals surface area contributed by atoms with Crippen LogP contribution in [-0.2, 0) is 26.2 Å².